The summed E-state index contributed by atoms with van der Waals surface area (Å²) < 4.78 is 5.87. The van der Waals surface area contributed by atoms with E-state index >= 15 is 0 Å². The second kappa shape index (κ2) is 4.74. The van der Waals surface area contributed by atoms with Gasteiger partial charge >= 0.3 is 0 Å². The van der Waals surface area contributed by atoms with Crippen LogP contribution in [0.25, 0.3) is 0 Å². The largest absolute Gasteiger partial charge is 0.360 e. The Hall–Kier alpha value is -0.570. The maximum Gasteiger partial charge on any atom is 0.120 e. The molecular formula is C13H18ClNO. The van der Waals surface area contributed by atoms with Crippen LogP contribution in [-0.2, 0) is 11.2 Å². The lowest BCUT2D eigenvalue weighted by molar-refractivity contribution is -0.0997. The minimum absolute atomic E-state index is 0.280. The van der Waals surface area contributed by atoms with E-state index in [0.29, 0.717) is 5.92 Å². The first kappa shape index (κ1) is 11.9. The number of benzene rings is 1. The zero-order valence-electron chi connectivity index (χ0n) is 9.79. The predicted octanol–water partition coefficient (Wildman–Crippen LogP) is 2.85. The van der Waals surface area contributed by atoms with Gasteiger partial charge in [-0.2, -0.15) is 0 Å². The van der Waals surface area contributed by atoms with Gasteiger partial charge in [0, 0.05) is 18.0 Å². The summed E-state index contributed by atoms with van der Waals surface area (Å²) >= 11 is 6.15. The Labute approximate surface area is 102 Å². The summed E-state index contributed by atoms with van der Waals surface area (Å²) in [5.41, 5.74) is 0.853. The van der Waals surface area contributed by atoms with Gasteiger partial charge in [0.15, 0.2) is 0 Å². The molecule has 2 atom stereocenters. The fraction of sp³-hybridized carbons (Fsp3) is 0.538. The van der Waals surface area contributed by atoms with Gasteiger partial charge in [-0.15, -0.1) is 0 Å². The summed E-state index contributed by atoms with van der Waals surface area (Å²) in [6.45, 7) is 6.08. The minimum Gasteiger partial charge on any atom is -0.360 e. The minimum atomic E-state index is -0.280. The molecule has 1 aromatic rings. The summed E-state index contributed by atoms with van der Waals surface area (Å²) in [7, 11) is 0. The maximum atomic E-state index is 6.15. The van der Waals surface area contributed by atoms with Gasteiger partial charge in [-0.05, 0) is 24.5 Å². The molecule has 0 aliphatic carbocycles. The average Bonchev–Trinajstić information content (AvgIpc) is 2.27. The molecule has 2 unspecified atom stereocenters. The zero-order chi connectivity index (χ0) is 11.6. The highest BCUT2D eigenvalue weighted by Gasteiger charge is 2.30. The first-order valence-electron chi connectivity index (χ1n) is 5.71. The third-order valence-corrected chi connectivity index (χ3v) is 3.37. The second-order valence-electron chi connectivity index (χ2n) is 4.80. The van der Waals surface area contributed by atoms with Crippen molar-refractivity contribution in [3.63, 3.8) is 0 Å². The van der Waals surface area contributed by atoms with Crippen molar-refractivity contribution in [3.8, 4) is 0 Å². The van der Waals surface area contributed by atoms with Gasteiger partial charge in [-0.1, -0.05) is 36.7 Å². The van der Waals surface area contributed by atoms with Gasteiger partial charge in [-0.3, -0.25) is 5.32 Å². The molecule has 3 heteroatoms. The molecule has 1 heterocycles. The molecule has 0 bridgehead atoms. The molecule has 16 heavy (non-hydrogen) atoms. The van der Waals surface area contributed by atoms with Crippen LogP contribution in [0.15, 0.2) is 24.3 Å². The Morgan fingerprint density at radius 3 is 2.88 bits per heavy atom. The van der Waals surface area contributed by atoms with E-state index in [4.69, 9.17) is 16.3 Å². The first-order chi connectivity index (χ1) is 7.59. The van der Waals surface area contributed by atoms with Crippen molar-refractivity contribution in [2.45, 2.75) is 26.0 Å². The van der Waals surface area contributed by atoms with Crippen LogP contribution in [-0.4, -0.2) is 18.9 Å². The Bertz CT molecular complexity index is 359. The molecule has 1 saturated heterocycles. The van der Waals surface area contributed by atoms with Crippen LogP contribution in [0.5, 0.6) is 0 Å². The molecule has 1 N–H and O–H groups in total. The normalized spacial score (nSPS) is 30.3. The van der Waals surface area contributed by atoms with Crippen molar-refractivity contribution in [2.24, 2.45) is 5.92 Å². The molecule has 0 aromatic heterocycles. The summed E-state index contributed by atoms with van der Waals surface area (Å²) in [5.74, 6) is 0.583. The lowest BCUT2D eigenvalue weighted by Gasteiger charge is -2.38. The highest BCUT2D eigenvalue weighted by Crippen LogP contribution is 2.24. The lowest BCUT2D eigenvalue weighted by Crippen LogP contribution is -2.53. The summed E-state index contributed by atoms with van der Waals surface area (Å²) in [6.07, 6.45) is 0.805. The third kappa shape index (κ3) is 2.76. The predicted molar refractivity (Wildman–Crippen MR) is 66.7 cm³/mol. The van der Waals surface area contributed by atoms with Gasteiger partial charge in [0.05, 0.1) is 6.61 Å². The van der Waals surface area contributed by atoms with E-state index in [1.807, 2.05) is 18.2 Å². The van der Waals surface area contributed by atoms with Crippen molar-refractivity contribution in [1.82, 2.24) is 5.32 Å². The van der Waals surface area contributed by atoms with Gasteiger partial charge in [0.1, 0.15) is 5.72 Å². The van der Waals surface area contributed by atoms with E-state index in [1.165, 1.54) is 0 Å². The Morgan fingerprint density at radius 2 is 2.25 bits per heavy atom. The number of rotatable bonds is 2. The van der Waals surface area contributed by atoms with E-state index in [2.05, 4.69) is 25.2 Å². The third-order valence-electron chi connectivity index (χ3n) is 3.00. The van der Waals surface area contributed by atoms with E-state index in [9.17, 15) is 0 Å². The number of ether oxygens (including phenoxy) is 1. The van der Waals surface area contributed by atoms with Crippen molar-refractivity contribution in [2.75, 3.05) is 13.2 Å². The second-order valence-corrected chi connectivity index (χ2v) is 5.20. The van der Waals surface area contributed by atoms with Crippen LogP contribution < -0.4 is 5.32 Å². The van der Waals surface area contributed by atoms with Crippen molar-refractivity contribution in [1.29, 1.82) is 0 Å². The van der Waals surface area contributed by atoms with Crippen molar-refractivity contribution < 1.29 is 4.74 Å². The van der Waals surface area contributed by atoms with Crippen LogP contribution in [0.3, 0.4) is 0 Å². The lowest BCUT2D eigenvalue weighted by atomic mass is 10.0. The molecule has 2 rings (SSSR count). The molecule has 0 amide bonds. The monoisotopic (exact) mass is 239 g/mol. The maximum absolute atomic E-state index is 6.15. The quantitative estimate of drug-likeness (QED) is 0.857. The van der Waals surface area contributed by atoms with E-state index in [-0.39, 0.29) is 5.72 Å². The van der Waals surface area contributed by atoms with E-state index in [0.717, 1.165) is 30.2 Å². The smallest absolute Gasteiger partial charge is 0.120 e. The number of nitrogens with one attached hydrogen (secondary N) is 1. The Morgan fingerprint density at radius 1 is 1.50 bits per heavy atom. The molecule has 0 radical (unpaired) electrons. The van der Waals surface area contributed by atoms with E-state index in [1.54, 1.807) is 0 Å². The summed E-state index contributed by atoms with van der Waals surface area (Å²) in [5, 5.41) is 4.25. The average molecular weight is 240 g/mol. The molecule has 1 aromatic carbocycles. The molecular weight excluding hydrogens is 222 g/mol. The van der Waals surface area contributed by atoms with E-state index < -0.39 is 0 Å². The fourth-order valence-corrected chi connectivity index (χ4v) is 2.15. The highest BCUT2D eigenvalue weighted by molar-refractivity contribution is 6.31. The first-order valence-corrected chi connectivity index (χ1v) is 6.09. The van der Waals surface area contributed by atoms with Crippen LogP contribution in [0.4, 0.5) is 0 Å². The SMILES string of the molecule is CC1CNC(C)(Cc2ccccc2Cl)OC1. The molecule has 0 spiro atoms. The highest BCUT2D eigenvalue weighted by atomic mass is 35.5. The molecule has 1 aliphatic rings. The van der Waals surface area contributed by atoms with Crippen LogP contribution in [0.1, 0.15) is 19.4 Å². The fourth-order valence-electron chi connectivity index (χ4n) is 1.94. The Balaban J connectivity index is 2.07. The summed E-state index contributed by atoms with van der Waals surface area (Å²) in [4.78, 5) is 0. The molecule has 2 nitrogen and oxygen atoms in total. The van der Waals surface area contributed by atoms with Crippen LogP contribution in [0.2, 0.25) is 5.02 Å². The standard InChI is InChI=1S/C13H18ClNO/c1-10-8-15-13(2,16-9-10)7-11-5-3-4-6-12(11)14/h3-6,10,15H,7-9H2,1-2H3. The van der Waals surface area contributed by atoms with Gasteiger partial charge in [0.2, 0.25) is 0 Å². The molecule has 88 valence electrons. The van der Waals surface area contributed by atoms with Crippen LogP contribution >= 0.6 is 11.6 Å². The number of halogens is 1. The van der Waals surface area contributed by atoms with Gasteiger partial charge < -0.3 is 4.74 Å². The van der Waals surface area contributed by atoms with Crippen molar-refractivity contribution >= 4 is 11.6 Å². The Kier molecular flexibility index (Phi) is 3.53. The van der Waals surface area contributed by atoms with Crippen molar-refractivity contribution in [3.05, 3.63) is 34.9 Å². The molecule has 0 saturated carbocycles. The van der Waals surface area contributed by atoms with Crippen LogP contribution in [0, 0.1) is 5.92 Å². The summed E-state index contributed by atoms with van der Waals surface area (Å²) in [6, 6.07) is 7.93. The number of hydrogen-bond acceptors (Lipinski definition) is 2. The van der Waals surface area contributed by atoms with Gasteiger partial charge in [-0.25, -0.2) is 0 Å². The molecule has 1 aliphatic heterocycles. The number of hydrogen-bond donors (Lipinski definition) is 1. The zero-order valence-corrected chi connectivity index (χ0v) is 10.6. The topological polar surface area (TPSA) is 21.3 Å². The van der Waals surface area contributed by atoms with Gasteiger partial charge in [0.25, 0.3) is 0 Å². The molecule has 1 fully saturated rings.